The summed E-state index contributed by atoms with van der Waals surface area (Å²) in [5, 5.41) is 12.0. The van der Waals surface area contributed by atoms with Gasteiger partial charge >= 0.3 is 6.18 Å². The monoisotopic (exact) mass is 332 g/mol. The normalized spacial score (nSPS) is 17.9. The number of allylic oxidation sites excluding steroid dienone is 1. The van der Waals surface area contributed by atoms with Gasteiger partial charge < -0.3 is 10.3 Å². The van der Waals surface area contributed by atoms with Crippen molar-refractivity contribution in [2.75, 3.05) is 5.32 Å². The Morgan fingerprint density at radius 2 is 2.17 bits per heavy atom. The summed E-state index contributed by atoms with van der Waals surface area (Å²) in [4.78, 5) is 7.26. The third-order valence-electron chi connectivity index (χ3n) is 3.96. The van der Waals surface area contributed by atoms with Crippen LogP contribution in [-0.2, 0) is 6.18 Å². The summed E-state index contributed by atoms with van der Waals surface area (Å²) in [5.41, 5.74) is 0.112. The van der Waals surface area contributed by atoms with Crippen molar-refractivity contribution in [2.24, 2.45) is 0 Å². The Morgan fingerprint density at radius 1 is 1.33 bits per heavy atom. The van der Waals surface area contributed by atoms with E-state index in [-0.39, 0.29) is 11.6 Å². The van der Waals surface area contributed by atoms with Crippen molar-refractivity contribution in [3.8, 4) is 6.07 Å². The van der Waals surface area contributed by atoms with Crippen LogP contribution < -0.4 is 5.32 Å². The van der Waals surface area contributed by atoms with E-state index in [4.69, 9.17) is 5.26 Å². The van der Waals surface area contributed by atoms with Gasteiger partial charge in [-0.1, -0.05) is 6.08 Å². The molecule has 0 spiro atoms. The molecule has 0 aliphatic heterocycles. The fourth-order valence-electron chi connectivity index (χ4n) is 2.85. The number of H-pyrrole nitrogens is 1. The number of nitriles is 1. The van der Waals surface area contributed by atoms with E-state index < -0.39 is 11.7 Å². The molecule has 4 nitrogen and oxygen atoms in total. The number of aromatic amines is 1. The van der Waals surface area contributed by atoms with Crippen molar-refractivity contribution >= 4 is 11.3 Å². The van der Waals surface area contributed by atoms with Gasteiger partial charge in [0.05, 0.1) is 17.2 Å². The lowest BCUT2D eigenvalue weighted by Crippen LogP contribution is -2.21. The zero-order chi connectivity index (χ0) is 17.2. The van der Waals surface area contributed by atoms with Gasteiger partial charge in [-0.15, -0.1) is 0 Å². The van der Waals surface area contributed by atoms with Crippen LogP contribution in [0.5, 0.6) is 0 Å². The van der Waals surface area contributed by atoms with Crippen molar-refractivity contribution in [3.63, 3.8) is 0 Å². The topological polar surface area (TPSA) is 64.5 Å². The van der Waals surface area contributed by atoms with Crippen molar-refractivity contribution in [2.45, 2.75) is 31.5 Å². The van der Waals surface area contributed by atoms with Crippen molar-refractivity contribution in [1.82, 2.24) is 9.97 Å². The Labute approximate surface area is 137 Å². The average molecular weight is 332 g/mol. The Bertz CT molecular complexity index is 785. The van der Waals surface area contributed by atoms with Gasteiger partial charge in [0.15, 0.2) is 0 Å². The second kappa shape index (κ2) is 6.40. The predicted octanol–water partition coefficient (Wildman–Crippen LogP) is 4.35. The minimum absolute atomic E-state index is 0.0760. The molecule has 7 heteroatoms. The number of nitrogens with one attached hydrogen (secondary N) is 2. The molecule has 1 atom stereocenters. The Morgan fingerprint density at radius 3 is 2.83 bits per heavy atom. The van der Waals surface area contributed by atoms with Crippen LogP contribution in [0.2, 0.25) is 0 Å². The fraction of sp³-hybridized carbons (Fsp3) is 0.294. The number of alkyl halides is 3. The average Bonchev–Trinajstić information content (AvgIpc) is 3.09. The molecule has 0 fully saturated rings. The highest BCUT2D eigenvalue weighted by Gasteiger charge is 2.34. The molecule has 1 aromatic heterocycles. The molecule has 3 rings (SSSR count). The van der Waals surface area contributed by atoms with E-state index >= 15 is 0 Å². The minimum atomic E-state index is -4.55. The second-order valence-corrected chi connectivity index (χ2v) is 5.64. The van der Waals surface area contributed by atoms with E-state index in [1.54, 1.807) is 18.5 Å². The lowest BCUT2D eigenvalue weighted by atomic mass is 9.95. The highest BCUT2D eigenvalue weighted by Crippen LogP contribution is 2.34. The van der Waals surface area contributed by atoms with Crippen LogP contribution in [0.3, 0.4) is 0 Å². The van der Waals surface area contributed by atoms with Crippen LogP contribution in [0.4, 0.5) is 18.9 Å². The maximum Gasteiger partial charge on any atom is 0.417 e. The Hall–Kier alpha value is -2.75. The lowest BCUT2D eigenvalue weighted by molar-refractivity contribution is -0.137. The summed E-state index contributed by atoms with van der Waals surface area (Å²) in [5.74, 6) is 0.789. The molecular weight excluding hydrogens is 317 g/mol. The zero-order valence-electron chi connectivity index (χ0n) is 12.7. The van der Waals surface area contributed by atoms with Crippen LogP contribution in [0.1, 0.15) is 36.2 Å². The van der Waals surface area contributed by atoms with E-state index in [1.165, 1.54) is 12.1 Å². The number of halogens is 3. The third-order valence-corrected chi connectivity index (χ3v) is 3.96. The first-order chi connectivity index (χ1) is 11.5. The SMILES string of the molecule is N#Cc1ccc(NC2C=C(c3ncc[nH]3)CCC2)cc1C(F)(F)F. The second-order valence-electron chi connectivity index (χ2n) is 5.64. The van der Waals surface area contributed by atoms with Gasteiger partial charge in [0, 0.05) is 24.1 Å². The van der Waals surface area contributed by atoms with Gasteiger partial charge in [0.25, 0.3) is 0 Å². The van der Waals surface area contributed by atoms with Gasteiger partial charge in [0.2, 0.25) is 0 Å². The molecule has 0 amide bonds. The van der Waals surface area contributed by atoms with E-state index in [2.05, 4.69) is 15.3 Å². The van der Waals surface area contributed by atoms with Gasteiger partial charge in [-0.05, 0) is 43.0 Å². The molecule has 2 aromatic rings. The first-order valence-electron chi connectivity index (χ1n) is 7.55. The quantitative estimate of drug-likeness (QED) is 0.878. The van der Waals surface area contributed by atoms with Gasteiger partial charge in [-0.25, -0.2) is 4.98 Å². The molecule has 24 heavy (non-hydrogen) atoms. The van der Waals surface area contributed by atoms with Gasteiger partial charge in [-0.2, -0.15) is 18.4 Å². The molecule has 124 valence electrons. The van der Waals surface area contributed by atoms with Crippen LogP contribution >= 0.6 is 0 Å². The van der Waals surface area contributed by atoms with E-state index in [9.17, 15) is 13.2 Å². The number of hydrogen-bond donors (Lipinski definition) is 2. The Kier molecular flexibility index (Phi) is 4.30. The minimum Gasteiger partial charge on any atom is -0.379 e. The first kappa shape index (κ1) is 16.1. The zero-order valence-corrected chi connectivity index (χ0v) is 12.7. The number of anilines is 1. The van der Waals surface area contributed by atoms with Crippen LogP contribution in [0.15, 0.2) is 36.7 Å². The summed E-state index contributed by atoms with van der Waals surface area (Å²) in [6, 6.07) is 5.21. The third kappa shape index (κ3) is 3.43. The standard InChI is InChI=1S/C17H15F3N4/c18-17(19,20)15-9-14(5-4-12(15)10-21)24-13-3-1-2-11(8-13)16-22-6-7-23-16/h4-9,13,24H,1-3H2,(H,22,23). The molecule has 0 radical (unpaired) electrons. The maximum absolute atomic E-state index is 13.0. The largest absolute Gasteiger partial charge is 0.417 e. The summed E-state index contributed by atoms with van der Waals surface area (Å²) in [7, 11) is 0. The van der Waals surface area contributed by atoms with Crippen molar-refractivity contribution < 1.29 is 13.2 Å². The maximum atomic E-state index is 13.0. The van der Waals surface area contributed by atoms with E-state index in [0.29, 0.717) is 5.69 Å². The predicted molar refractivity (Wildman–Crippen MR) is 84.0 cm³/mol. The molecule has 1 unspecified atom stereocenters. The van der Waals surface area contributed by atoms with Crippen LogP contribution in [-0.4, -0.2) is 16.0 Å². The first-order valence-corrected chi connectivity index (χ1v) is 7.55. The number of benzene rings is 1. The highest BCUT2D eigenvalue weighted by atomic mass is 19.4. The number of nitrogens with zero attached hydrogens (tertiary/aromatic N) is 2. The number of hydrogen-bond acceptors (Lipinski definition) is 3. The van der Waals surface area contributed by atoms with Crippen molar-refractivity contribution in [1.29, 1.82) is 5.26 Å². The molecular formula is C17H15F3N4. The summed E-state index contributed by atoms with van der Waals surface area (Å²) in [6.45, 7) is 0. The smallest absolute Gasteiger partial charge is 0.379 e. The summed E-state index contributed by atoms with van der Waals surface area (Å²) < 4.78 is 39.1. The van der Waals surface area contributed by atoms with Crippen LogP contribution in [0, 0.1) is 11.3 Å². The van der Waals surface area contributed by atoms with E-state index in [1.807, 2.05) is 6.08 Å². The number of aromatic nitrogens is 2. The molecule has 0 saturated carbocycles. The number of imidazole rings is 1. The molecule has 2 N–H and O–H groups in total. The number of rotatable bonds is 3. The molecule has 1 heterocycles. The fourth-order valence-corrected chi connectivity index (χ4v) is 2.85. The van der Waals surface area contributed by atoms with Gasteiger partial charge in [0.1, 0.15) is 5.82 Å². The molecule has 0 saturated heterocycles. The summed E-state index contributed by atoms with van der Waals surface area (Å²) >= 11 is 0. The molecule has 1 aromatic carbocycles. The highest BCUT2D eigenvalue weighted by molar-refractivity contribution is 5.63. The molecule has 1 aliphatic rings. The lowest BCUT2D eigenvalue weighted by Gasteiger charge is -2.23. The van der Waals surface area contributed by atoms with Crippen molar-refractivity contribution in [3.05, 3.63) is 53.6 Å². The summed E-state index contributed by atoms with van der Waals surface area (Å²) in [6.07, 6.45) is 3.48. The van der Waals surface area contributed by atoms with Gasteiger partial charge in [-0.3, -0.25) is 0 Å². The molecule has 0 bridgehead atoms. The van der Waals surface area contributed by atoms with Crippen LogP contribution in [0.25, 0.3) is 5.57 Å². The van der Waals surface area contributed by atoms with E-state index in [0.717, 1.165) is 36.7 Å². The molecule has 1 aliphatic carbocycles. The Balaban J connectivity index is 1.84.